The van der Waals surface area contributed by atoms with Crippen molar-refractivity contribution >= 4 is 39.5 Å². The van der Waals surface area contributed by atoms with Gasteiger partial charge in [0.1, 0.15) is 19.3 Å². The Morgan fingerprint density at radius 3 is 0.835 bits per heavy atom. The minimum Gasteiger partial charge on any atom is -0.462 e. The van der Waals surface area contributed by atoms with Crippen molar-refractivity contribution in [3.8, 4) is 0 Å². The van der Waals surface area contributed by atoms with Gasteiger partial charge in [0.15, 0.2) is 12.2 Å². The van der Waals surface area contributed by atoms with E-state index in [4.69, 9.17) is 37.0 Å². The van der Waals surface area contributed by atoms with Gasteiger partial charge in [0.25, 0.3) is 0 Å². The zero-order chi connectivity index (χ0) is 63.2. The fourth-order valence-electron chi connectivity index (χ4n) is 9.75. The van der Waals surface area contributed by atoms with Crippen LogP contribution in [0.15, 0.2) is 0 Å². The first-order valence-electron chi connectivity index (χ1n) is 34.2. The summed E-state index contributed by atoms with van der Waals surface area (Å²) in [5.41, 5.74) is 0. The second kappa shape index (κ2) is 56.1. The number of phosphoric acid groups is 2. The second-order valence-corrected chi connectivity index (χ2v) is 28.4. The van der Waals surface area contributed by atoms with Gasteiger partial charge in [0.05, 0.1) is 26.4 Å². The van der Waals surface area contributed by atoms with Crippen LogP contribution < -0.4 is 0 Å². The van der Waals surface area contributed by atoms with E-state index in [9.17, 15) is 43.2 Å². The molecule has 0 aliphatic carbocycles. The van der Waals surface area contributed by atoms with E-state index in [0.29, 0.717) is 43.4 Å². The zero-order valence-electron chi connectivity index (χ0n) is 55.2. The Bertz CT molecular complexity index is 1700. The molecule has 17 nitrogen and oxygen atoms in total. The summed E-state index contributed by atoms with van der Waals surface area (Å²) in [6.45, 7) is 13.9. The van der Waals surface area contributed by atoms with Crippen LogP contribution in [0.5, 0.6) is 0 Å². The maximum absolute atomic E-state index is 13.0. The zero-order valence-corrected chi connectivity index (χ0v) is 57.0. The van der Waals surface area contributed by atoms with E-state index in [1.807, 2.05) is 0 Å². The molecular weight excluding hydrogens is 1130 g/mol. The molecular formula is C66H128O17P2. The molecule has 6 atom stereocenters. The van der Waals surface area contributed by atoms with Crippen LogP contribution in [0.3, 0.4) is 0 Å². The monoisotopic (exact) mass is 1250 g/mol. The van der Waals surface area contributed by atoms with Gasteiger partial charge in [0, 0.05) is 25.7 Å². The lowest BCUT2D eigenvalue weighted by Gasteiger charge is -2.21. The highest BCUT2D eigenvalue weighted by Crippen LogP contribution is 2.45. The summed E-state index contributed by atoms with van der Waals surface area (Å²) in [6.07, 6.45) is 36.7. The molecule has 0 aliphatic rings. The number of carbonyl (C=O) groups excluding carboxylic acids is 4. The van der Waals surface area contributed by atoms with Crippen LogP contribution >= 0.6 is 15.6 Å². The number of hydrogen-bond acceptors (Lipinski definition) is 15. The van der Waals surface area contributed by atoms with Crippen molar-refractivity contribution < 1.29 is 80.2 Å². The largest absolute Gasteiger partial charge is 0.472 e. The van der Waals surface area contributed by atoms with Crippen LogP contribution in [0.2, 0.25) is 0 Å². The molecule has 0 fully saturated rings. The van der Waals surface area contributed by atoms with E-state index in [-0.39, 0.29) is 25.7 Å². The van der Waals surface area contributed by atoms with Gasteiger partial charge in [-0.3, -0.25) is 37.3 Å². The van der Waals surface area contributed by atoms with E-state index < -0.39 is 97.5 Å². The van der Waals surface area contributed by atoms with Gasteiger partial charge in [-0.2, -0.15) is 0 Å². The Morgan fingerprint density at radius 2 is 0.565 bits per heavy atom. The quantitative estimate of drug-likeness (QED) is 0.0222. The number of carbonyl (C=O) groups is 4. The molecule has 19 heteroatoms. The van der Waals surface area contributed by atoms with Gasteiger partial charge in [-0.25, -0.2) is 9.13 Å². The maximum atomic E-state index is 13.0. The lowest BCUT2D eigenvalue weighted by Crippen LogP contribution is -2.30. The second-order valence-electron chi connectivity index (χ2n) is 25.5. The van der Waals surface area contributed by atoms with E-state index in [1.165, 1.54) is 109 Å². The normalized spacial score (nSPS) is 14.7. The Balaban J connectivity index is 5.18. The molecule has 0 bridgehead atoms. The fourth-order valence-corrected chi connectivity index (χ4v) is 11.3. The summed E-state index contributed by atoms with van der Waals surface area (Å²) < 4.78 is 68.0. The average molecular weight is 1260 g/mol. The fraction of sp³-hybridized carbons (Fsp3) is 0.939. The molecule has 0 radical (unpaired) electrons. The van der Waals surface area contributed by atoms with Gasteiger partial charge in [-0.15, -0.1) is 0 Å². The molecule has 0 aromatic carbocycles. The average Bonchev–Trinajstić information content (AvgIpc) is 3.51. The molecule has 0 rings (SSSR count). The number of aliphatic hydroxyl groups is 1. The SMILES string of the molecule is CCC(C)CCCCCCCCCCCCCCCCC(=O)O[C@H](COC(=O)CCCCCCCCC(C)C)COP(=O)(O)OC[C@H](O)COP(=O)(O)OC[C@@H](COC(=O)CCCCCCCCC(C)C)OC(=O)CCCCCCCCC(C)C. The third-order valence-electron chi connectivity index (χ3n) is 15.4. The molecule has 85 heavy (non-hydrogen) atoms. The minimum atomic E-state index is -4.95. The number of ether oxygens (including phenoxy) is 4. The Hall–Kier alpha value is -1.94. The maximum Gasteiger partial charge on any atom is 0.472 e. The number of hydrogen-bond donors (Lipinski definition) is 3. The molecule has 0 saturated heterocycles. The first kappa shape index (κ1) is 83.1. The van der Waals surface area contributed by atoms with Crippen molar-refractivity contribution in [2.45, 2.75) is 337 Å². The van der Waals surface area contributed by atoms with Gasteiger partial charge in [-0.1, -0.05) is 267 Å². The summed E-state index contributed by atoms with van der Waals surface area (Å²) in [6, 6.07) is 0. The third kappa shape index (κ3) is 59.5. The summed E-state index contributed by atoms with van der Waals surface area (Å²) in [5.74, 6) is 0.731. The third-order valence-corrected chi connectivity index (χ3v) is 17.3. The molecule has 0 heterocycles. The van der Waals surface area contributed by atoms with Gasteiger partial charge < -0.3 is 33.8 Å². The smallest absolute Gasteiger partial charge is 0.462 e. The summed E-state index contributed by atoms with van der Waals surface area (Å²) >= 11 is 0. The number of rotatable bonds is 63. The highest BCUT2D eigenvalue weighted by molar-refractivity contribution is 7.47. The highest BCUT2D eigenvalue weighted by Gasteiger charge is 2.30. The van der Waals surface area contributed by atoms with E-state index in [1.54, 1.807) is 0 Å². The van der Waals surface area contributed by atoms with Crippen molar-refractivity contribution in [3.05, 3.63) is 0 Å². The number of aliphatic hydroxyl groups excluding tert-OH is 1. The number of phosphoric ester groups is 2. The molecule has 0 aliphatic heterocycles. The Morgan fingerprint density at radius 1 is 0.329 bits per heavy atom. The number of unbranched alkanes of at least 4 members (excludes halogenated alkanes) is 28. The van der Waals surface area contributed by atoms with Crippen LogP contribution in [0.4, 0.5) is 0 Å². The predicted molar refractivity (Wildman–Crippen MR) is 340 cm³/mol. The molecule has 3 unspecified atom stereocenters. The van der Waals surface area contributed by atoms with Crippen molar-refractivity contribution in [2.24, 2.45) is 23.7 Å². The van der Waals surface area contributed by atoms with Crippen LogP contribution in [0.1, 0.15) is 319 Å². The molecule has 0 aromatic rings. The topological polar surface area (TPSA) is 237 Å². The Labute approximate surface area is 517 Å². The first-order valence-corrected chi connectivity index (χ1v) is 37.2. The van der Waals surface area contributed by atoms with Crippen LogP contribution in [0, 0.1) is 23.7 Å². The lowest BCUT2D eigenvalue weighted by molar-refractivity contribution is -0.161. The molecule has 0 saturated carbocycles. The molecule has 0 amide bonds. The summed E-state index contributed by atoms with van der Waals surface area (Å²) in [5, 5.41) is 10.5. The number of esters is 4. The molecule has 0 aromatic heterocycles. The van der Waals surface area contributed by atoms with Crippen LogP contribution in [-0.2, 0) is 65.4 Å². The van der Waals surface area contributed by atoms with E-state index >= 15 is 0 Å². The lowest BCUT2D eigenvalue weighted by atomic mass is 9.99. The van der Waals surface area contributed by atoms with Gasteiger partial charge in [0.2, 0.25) is 0 Å². The molecule has 504 valence electrons. The Kier molecular flexibility index (Phi) is 54.8. The molecule has 3 N–H and O–H groups in total. The van der Waals surface area contributed by atoms with Gasteiger partial charge >= 0.3 is 39.5 Å². The van der Waals surface area contributed by atoms with Crippen molar-refractivity contribution in [1.82, 2.24) is 0 Å². The van der Waals surface area contributed by atoms with Crippen molar-refractivity contribution in [2.75, 3.05) is 39.6 Å². The highest BCUT2D eigenvalue weighted by atomic mass is 31.2. The van der Waals surface area contributed by atoms with Crippen LogP contribution in [-0.4, -0.2) is 96.7 Å². The standard InChI is InChI=1S/C66H128O17P2/c1-9-59(8)45-37-29-18-16-14-12-10-11-13-15-17-19-32-40-48-65(70)82-61(52-76-63(68)46-38-30-23-20-26-34-42-56(2)3)54-80-84(72,73)78-50-60(67)51-79-85(74,75)81-55-62(83-66(71)49-41-33-25-22-28-36-44-58(6)7)53-77-64(69)47-39-31-24-21-27-35-43-57(4)5/h56-62,67H,9-55H2,1-8H3,(H,72,73)(H,74,75)/t59?,60-,61+,62+/m0/s1. The van der Waals surface area contributed by atoms with Crippen molar-refractivity contribution in [3.63, 3.8) is 0 Å². The van der Waals surface area contributed by atoms with E-state index in [0.717, 1.165) is 109 Å². The minimum absolute atomic E-state index is 0.100. The van der Waals surface area contributed by atoms with Crippen LogP contribution in [0.25, 0.3) is 0 Å². The molecule has 0 spiro atoms. The predicted octanol–water partition coefficient (Wildman–Crippen LogP) is 18.1. The summed E-state index contributed by atoms with van der Waals surface area (Å²) in [4.78, 5) is 72.2. The van der Waals surface area contributed by atoms with Gasteiger partial charge in [-0.05, 0) is 49.4 Å². The van der Waals surface area contributed by atoms with E-state index in [2.05, 4.69) is 55.4 Å². The first-order chi connectivity index (χ1) is 40.6. The summed E-state index contributed by atoms with van der Waals surface area (Å²) in [7, 11) is -9.89. The van der Waals surface area contributed by atoms with Crippen molar-refractivity contribution in [1.29, 1.82) is 0 Å².